The number of rotatable bonds is 6. The van der Waals surface area contributed by atoms with Crippen LogP contribution in [0, 0.1) is 0 Å². The fourth-order valence-electron chi connectivity index (χ4n) is 2.33. The lowest BCUT2D eigenvalue weighted by Crippen LogP contribution is -2.43. The van der Waals surface area contributed by atoms with Gasteiger partial charge in [-0.3, -0.25) is 4.57 Å². The number of amides is 2. The normalized spacial score (nSPS) is 13.2. The Kier molecular flexibility index (Phi) is 4.80. The van der Waals surface area contributed by atoms with Crippen LogP contribution < -0.4 is 10.6 Å². The highest BCUT2D eigenvalue weighted by Gasteiger charge is 2.26. The van der Waals surface area contributed by atoms with Crippen molar-refractivity contribution in [1.29, 1.82) is 0 Å². The van der Waals surface area contributed by atoms with Crippen molar-refractivity contribution in [3.63, 3.8) is 0 Å². The van der Waals surface area contributed by atoms with Crippen LogP contribution in [0.4, 0.5) is 4.79 Å². The first-order valence-electron chi connectivity index (χ1n) is 7.79. The minimum Gasteiger partial charge on any atom is -0.466 e. The fourth-order valence-corrected chi connectivity index (χ4v) is 2.33. The second kappa shape index (κ2) is 7.18. The van der Waals surface area contributed by atoms with Crippen LogP contribution >= 0.6 is 0 Å². The third-order valence-corrected chi connectivity index (χ3v) is 3.70. The van der Waals surface area contributed by atoms with Crippen LogP contribution in [-0.4, -0.2) is 32.4 Å². The predicted molar refractivity (Wildman–Crippen MR) is 89.9 cm³/mol. The summed E-state index contributed by atoms with van der Waals surface area (Å²) in [5.41, 5.74) is -0.379. The Bertz CT molecular complexity index is 812. The van der Waals surface area contributed by atoms with Gasteiger partial charge in [0.15, 0.2) is 5.82 Å². The monoisotopic (exact) mass is 341 g/mol. The number of nitrogens with zero attached hydrogens (tertiary/aromatic N) is 3. The highest BCUT2D eigenvalue weighted by Crippen LogP contribution is 2.19. The largest absolute Gasteiger partial charge is 0.466 e. The van der Waals surface area contributed by atoms with Gasteiger partial charge in [0.2, 0.25) is 0 Å². The highest BCUT2D eigenvalue weighted by molar-refractivity contribution is 5.73. The Balaban J connectivity index is 1.54. The van der Waals surface area contributed by atoms with Crippen molar-refractivity contribution in [3.8, 4) is 5.69 Å². The van der Waals surface area contributed by atoms with E-state index >= 15 is 0 Å². The molecule has 130 valence electrons. The zero-order valence-corrected chi connectivity index (χ0v) is 13.7. The Morgan fingerprint density at radius 1 is 1.24 bits per heavy atom. The van der Waals surface area contributed by atoms with Crippen molar-refractivity contribution in [2.75, 3.05) is 6.54 Å². The number of benzene rings is 1. The van der Waals surface area contributed by atoms with Gasteiger partial charge in [0.1, 0.15) is 17.7 Å². The lowest BCUT2D eigenvalue weighted by atomic mass is 10.0. The molecule has 3 aromatic rings. The average Bonchev–Trinajstić information content (AvgIpc) is 3.30. The van der Waals surface area contributed by atoms with Gasteiger partial charge in [-0.05, 0) is 31.2 Å². The summed E-state index contributed by atoms with van der Waals surface area (Å²) in [6.07, 6.45) is 3.06. The molecule has 0 fully saturated rings. The molecule has 8 heteroatoms. The number of urea groups is 1. The molecule has 1 unspecified atom stereocenters. The molecule has 0 spiro atoms. The first kappa shape index (κ1) is 16.7. The summed E-state index contributed by atoms with van der Waals surface area (Å²) in [4.78, 5) is 12.0. The number of para-hydroxylation sites is 1. The fraction of sp³-hybridized carbons (Fsp3) is 0.235. The smallest absolute Gasteiger partial charge is 0.315 e. The van der Waals surface area contributed by atoms with E-state index < -0.39 is 11.6 Å². The molecule has 0 saturated heterocycles. The number of nitrogens with one attached hydrogen (secondary N) is 2. The first-order valence-corrected chi connectivity index (χ1v) is 7.79. The van der Waals surface area contributed by atoms with Crippen molar-refractivity contribution >= 4 is 6.03 Å². The van der Waals surface area contributed by atoms with Gasteiger partial charge < -0.3 is 20.2 Å². The maximum Gasteiger partial charge on any atom is 0.315 e. The molecule has 2 amide bonds. The molecule has 0 aliphatic rings. The predicted octanol–water partition coefficient (Wildman–Crippen LogP) is 1.57. The van der Waals surface area contributed by atoms with Crippen LogP contribution in [0.3, 0.4) is 0 Å². The molecule has 2 aromatic heterocycles. The minimum absolute atomic E-state index is 0.0116. The molecule has 25 heavy (non-hydrogen) atoms. The number of aromatic nitrogens is 3. The van der Waals surface area contributed by atoms with Crippen LogP contribution in [0.5, 0.6) is 0 Å². The molecule has 0 aliphatic carbocycles. The molecule has 0 radical (unpaired) electrons. The number of carbonyl (C=O) groups is 1. The van der Waals surface area contributed by atoms with E-state index in [1.165, 1.54) is 6.26 Å². The molecule has 0 aliphatic heterocycles. The van der Waals surface area contributed by atoms with E-state index in [-0.39, 0.29) is 13.1 Å². The topological polar surface area (TPSA) is 105 Å². The zero-order valence-electron chi connectivity index (χ0n) is 13.7. The van der Waals surface area contributed by atoms with Gasteiger partial charge in [-0.25, -0.2) is 4.79 Å². The van der Waals surface area contributed by atoms with Crippen molar-refractivity contribution in [1.82, 2.24) is 25.4 Å². The van der Waals surface area contributed by atoms with Crippen molar-refractivity contribution in [2.45, 2.75) is 19.1 Å². The number of furan rings is 1. The number of aliphatic hydroxyl groups is 1. The van der Waals surface area contributed by atoms with Gasteiger partial charge in [0.25, 0.3) is 0 Å². The van der Waals surface area contributed by atoms with Crippen LogP contribution in [0.2, 0.25) is 0 Å². The van der Waals surface area contributed by atoms with Gasteiger partial charge in [0, 0.05) is 5.69 Å². The van der Waals surface area contributed by atoms with Gasteiger partial charge in [-0.2, -0.15) is 0 Å². The van der Waals surface area contributed by atoms with E-state index in [0.717, 1.165) is 5.69 Å². The third-order valence-electron chi connectivity index (χ3n) is 3.70. The second-order valence-corrected chi connectivity index (χ2v) is 5.74. The van der Waals surface area contributed by atoms with E-state index in [1.807, 2.05) is 30.3 Å². The van der Waals surface area contributed by atoms with Crippen molar-refractivity contribution < 1.29 is 14.3 Å². The van der Waals surface area contributed by atoms with Crippen LogP contribution in [0.1, 0.15) is 18.5 Å². The third kappa shape index (κ3) is 4.04. The van der Waals surface area contributed by atoms with Gasteiger partial charge >= 0.3 is 6.03 Å². The Hall–Kier alpha value is -3.13. The average molecular weight is 341 g/mol. The SMILES string of the molecule is CC(O)(CNC(=O)NCc1nncn1-c1ccccc1)c1ccco1. The highest BCUT2D eigenvalue weighted by atomic mass is 16.4. The quantitative estimate of drug-likeness (QED) is 0.631. The van der Waals surface area contributed by atoms with Crippen LogP contribution in [0.15, 0.2) is 59.5 Å². The summed E-state index contributed by atoms with van der Waals surface area (Å²) in [5.74, 6) is 0.982. The molecule has 3 N–H and O–H groups in total. The standard InChI is InChI=1S/C17H19N5O3/c1-17(24,14-8-5-9-25-14)11-19-16(23)18-10-15-21-20-12-22(15)13-6-3-2-4-7-13/h2-9,12,24H,10-11H2,1H3,(H2,18,19,23). The van der Waals surface area contributed by atoms with Crippen LogP contribution in [-0.2, 0) is 12.1 Å². The van der Waals surface area contributed by atoms with E-state index in [4.69, 9.17) is 4.42 Å². The minimum atomic E-state index is -1.29. The molecular formula is C17H19N5O3. The zero-order chi connectivity index (χ0) is 17.7. The maximum absolute atomic E-state index is 12.0. The summed E-state index contributed by atoms with van der Waals surface area (Å²) in [7, 11) is 0. The maximum atomic E-state index is 12.0. The molecule has 3 rings (SSSR count). The van der Waals surface area contributed by atoms with Crippen molar-refractivity contribution in [3.05, 3.63) is 66.6 Å². The Labute approximate surface area is 144 Å². The molecule has 8 nitrogen and oxygen atoms in total. The summed E-state index contributed by atoms with van der Waals surface area (Å²) >= 11 is 0. The first-order chi connectivity index (χ1) is 12.1. The number of hydrogen-bond donors (Lipinski definition) is 3. The molecule has 2 heterocycles. The molecule has 0 bridgehead atoms. The van der Waals surface area contributed by atoms with E-state index in [9.17, 15) is 9.90 Å². The molecule has 1 aromatic carbocycles. The van der Waals surface area contributed by atoms with Crippen LogP contribution in [0.25, 0.3) is 5.69 Å². The second-order valence-electron chi connectivity index (χ2n) is 5.74. The van der Waals surface area contributed by atoms with Crippen molar-refractivity contribution in [2.24, 2.45) is 0 Å². The molecule has 0 saturated carbocycles. The van der Waals surface area contributed by atoms with E-state index in [2.05, 4.69) is 20.8 Å². The lowest BCUT2D eigenvalue weighted by Gasteiger charge is -2.21. The van der Waals surface area contributed by atoms with Gasteiger partial charge in [-0.1, -0.05) is 18.2 Å². The Morgan fingerprint density at radius 2 is 2.04 bits per heavy atom. The summed E-state index contributed by atoms with van der Waals surface area (Å²) < 4.78 is 6.96. The number of hydrogen-bond acceptors (Lipinski definition) is 5. The Morgan fingerprint density at radius 3 is 2.76 bits per heavy atom. The van der Waals surface area contributed by atoms with Gasteiger partial charge in [0.05, 0.1) is 19.4 Å². The van der Waals surface area contributed by atoms with E-state index in [1.54, 1.807) is 30.0 Å². The molecular weight excluding hydrogens is 322 g/mol. The number of carbonyl (C=O) groups excluding carboxylic acids is 1. The summed E-state index contributed by atoms with van der Waals surface area (Å²) in [6, 6.07) is 12.5. The summed E-state index contributed by atoms with van der Waals surface area (Å²) in [5, 5.41) is 23.5. The lowest BCUT2D eigenvalue weighted by molar-refractivity contribution is 0.0367. The van der Waals surface area contributed by atoms with E-state index in [0.29, 0.717) is 11.6 Å². The van der Waals surface area contributed by atoms with Gasteiger partial charge in [-0.15, -0.1) is 10.2 Å². The summed E-state index contributed by atoms with van der Waals surface area (Å²) in [6.45, 7) is 1.78. The molecule has 1 atom stereocenters.